The molecule has 7 nitrogen and oxygen atoms in total. The van der Waals surface area contributed by atoms with Crippen LogP contribution in [0.15, 0.2) is 0 Å². The van der Waals surface area contributed by atoms with E-state index >= 15 is 0 Å². The quantitative estimate of drug-likeness (QED) is 0.584. The second-order valence-corrected chi connectivity index (χ2v) is 10.3. The van der Waals surface area contributed by atoms with Gasteiger partial charge in [0.2, 0.25) is 20.0 Å². The lowest BCUT2D eigenvalue weighted by atomic mass is 10.1. The van der Waals surface area contributed by atoms with Crippen molar-refractivity contribution >= 4 is 32.5 Å². The van der Waals surface area contributed by atoms with Gasteiger partial charge < -0.3 is 5.32 Å². The Bertz CT molecular complexity index is 556. The third kappa shape index (κ3) is 7.23. The Kier molecular flexibility index (Phi) is 8.22. The Morgan fingerprint density at radius 3 is 2.17 bits per heavy atom. The van der Waals surface area contributed by atoms with Crippen LogP contribution in [0, 0.1) is 5.92 Å². The first kappa shape index (κ1) is 21.1. The van der Waals surface area contributed by atoms with Gasteiger partial charge in [-0.15, -0.1) is 12.4 Å². The molecule has 0 aromatic heterocycles. The molecule has 0 atom stereocenters. The fraction of sp³-hybridized carbons (Fsp3) is 1.00. The largest absolute Gasteiger partial charge is 0.314 e. The lowest BCUT2D eigenvalue weighted by Crippen LogP contribution is -2.47. The third-order valence-electron chi connectivity index (χ3n) is 4.30. The molecule has 2 fully saturated rings. The van der Waals surface area contributed by atoms with Gasteiger partial charge in [-0.3, -0.25) is 0 Å². The van der Waals surface area contributed by atoms with E-state index < -0.39 is 20.0 Å². The van der Waals surface area contributed by atoms with Crippen LogP contribution >= 0.6 is 12.4 Å². The summed E-state index contributed by atoms with van der Waals surface area (Å²) in [5.74, 6) is 0.616. The van der Waals surface area contributed by atoms with E-state index in [9.17, 15) is 16.8 Å². The molecule has 138 valence electrons. The first-order chi connectivity index (χ1) is 10.3. The first-order valence-corrected chi connectivity index (χ1v) is 11.3. The summed E-state index contributed by atoms with van der Waals surface area (Å²) in [6.45, 7) is 3.56. The van der Waals surface area contributed by atoms with Crippen molar-refractivity contribution < 1.29 is 16.8 Å². The lowest BCUT2D eigenvalue weighted by molar-refractivity contribution is 0.288. The predicted molar refractivity (Wildman–Crippen MR) is 93.8 cm³/mol. The number of hydrogen-bond acceptors (Lipinski definition) is 5. The van der Waals surface area contributed by atoms with Gasteiger partial charge in [0.1, 0.15) is 0 Å². The van der Waals surface area contributed by atoms with E-state index in [1.165, 1.54) is 24.1 Å². The van der Waals surface area contributed by atoms with Crippen LogP contribution in [0.25, 0.3) is 0 Å². The van der Waals surface area contributed by atoms with Crippen molar-refractivity contribution in [3.05, 3.63) is 0 Å². The zero-order valence-corrected chi connectivity index (χ0v) is 16.0. The Balaban J connectivity index is 0.00000264. The number of nitrogens with one attached hydrogen (secondary N) is 2. The summed E-state index contributed by atoms with van der Waals surface area (Å²) in [6.07, 6.45) is 4.28. The molecule has 2 rings (SSSR count). The van der Waals surface area contributed by atoms with Crippen molar-refractivity contribution in [3.63, 3.8) is 0 Å². The van der Waals surface area contributed by atoms with Crippen molar-refractivity contribution in [1.29, 1.82) is 0 Å². The van der Waals surface area contributed by atoms with Crippen LogP contribution in [0.1, 0.15) is 32.6 Å². The smallest absolute Gasteiger partial charge is 0.215 e. The third-order valence-corrected chi connectivity index (χ3v) is 7.58. The molecular weight excluding hydrogens is 362 g/mol. The van der Waals surface area contributed by atoms with Crippen molar-refractivity contribution in [2.75, 3.05) is 37.7 Å². The van der Waals surface area contributed by atoms with Crippen molar-refractivity contribution in [3.8, 4) is 0 Å². The van der Waals surface area contributed by atoms with Gasteiger partial charge in [-0.2, -0.15) is 0 Å². The van der Waals surface area contributed by atoms with E-state index in [2.05, 4.69) is 10.0 Å². The molecule has 2 aliphatic rings. The first-order valence-electron chi connectivity index (χ1n) is 8.01. The summed E-state index contributed by atoms with van der Waals surface area (Å²) in [6, 6.07) is 0.408. The Hall–Kier alpha value is 0.0700. The highest BCUT2D eigenvalue weighted by atomic mass is 35.5. The molecule has 10 heteroatoms. The van der Waals surface area contributed by atoms with Gasteiger partial charge in [0.05, 0.1) is 11.5 Å². The average Bonchev–Trinajstić information content (AvgIpc) is 3.29. The molecule has 23 heavy (non-hydrogen) atoms. The summed E-state index contributed by atoms with van der Waals surface area (Å²) in [5.41, 5.74) is 0. The fourth-order valence-corrected chi connectivity index (χ4v) is 4.68. The molecular formula is C13H28ClN3O4S2. The number of rotatable bonds is 9. The minimum absolute atomic E-state index is 0. The molecule has 0 amide bonds. The molecule has 0 radical (unpaired) electrons. The van der Waals surface area contributed by atoms with Crippen LogP contribution in [0.3, 0.4) is 0 Å². The van der Waals surface area contributed by atoms with Crippen LogP contribution in [0.4, 0.5) is 0 Å². The number of hydrogen-bond donors (Lipinski definition) is 2. The number of nitrogens with zero attached hydrogens (tertiary/aromatic N) is 1. The number of sulfonamides is 2. The van der Waals surface area contributed by atoms with Gasteiger partial charge in [-0.05, 0) is 45.1 Å². The summed E-state index contributed by atoms with van der Waals surface area (Å²) >= 11 is 0. The molecule has 1 aliphatic heterocycles. The summed E-state index contributed by atoms with van der Waals surface area (Å²) in [4.78, 5) is 0. The van der Waals surface area contributed by atoms with Crippen LogP contribution in [0.5, 0.6) is 0 Å². The minimum atomic E-state index is -3.38. The maximum atomic E-state index is 12.2. The van der Waals surface area contributed by atoms with Crippen molar-refractivity contribution in [2.45, 2.75) is 38.6 Å². The predicted octanol–water partition coefficient (Wildman–Crippen LogP) is 0.141. The highest BCUT2D eigenvalue weighted by molar-refractivity contribution is 7.90. The Labute approximate surface area is 146 Å². The standard InChI is InChI=1S/C13H27N3O4S2.ClH/c1-2-21(17,18)15-7-10-22(19,20)16-8-5-13(6-9-16)14-11-12-3-4-12;/h12-15H,2-11H2,1H3;1H. The highest BCUT2D eigenvalue weighted by Gasteiger charge is 2.29. The maximum absolute atomic E-state index is 12.2. The molecule has 2 N–H and O–H groups in total. The van der Waals surface area contributed by atoms with Gasteiger partial charge in [-0.25, -0.2) is 25.9 Å². The van der Waals surface area contributed by atoms with Gasteiger partial charge >= 0.3 is 0 Å². The lowest BCUT2D eigenvalue weighted by Gasteiger charge is -2.31. The minimum Gasteiger partial charge on any atom is -0.314 e. The topological polar surface area (TPSA) is 95.6 Å². The van der Waals surface area contributed by atoms with E-state index in [4.69, 9.17) is 0 Å². The molecule has 0 unspecified atom stereocenters. The van der Waals surface area contributed by atoms with Crippen molar-refractivity contribution in [1.82, 2.24) is 14.3 Å². The monoisotopic (exact) mass is 389 g/mol. The number of halogens is 1. The van der Waals surface area contributed by atoms with Gasteiger partial charge in [0, 0.05) is 25.7 Å². The Morgan fingerprint density at radius 2 is 1.65 bits per heavy atom. The zero-order chi connectivity index (χ0) is 16.2. The van der Waals surface area contributed by atoms with E-state index in [1.807, 2.05) is 0 Å². The zero-order valence-electron chi connectivity index (χ0n) is 13.5. The molecule has 1 aliphatic carbocycles. The van der Waals surface area contributed by atoms with Crippen LogP contribution in [0.2, 0.25) is 0 Å². The van der Waals surface area contributed by atoms with Crippen molar-refractivity contribution in [2.24, 2.45) is 5.92 Å². The highest BCUT2D eigenvalue weighted by Crippen LogP contribution is 2.28. The molecule has 1 saturated heterocycles. The van der Waals surface area contributed by atoms with Gasteiger partial charge in [0.25, 0.3) is 0 Å². The SMILES string of the molecule is CCS(=O)(=O)NCCS(=O)(=O)N1CCC(NCC2CC2)CC1.Cl. The van der Waals surface area contributed by atoms with E-state index in [0.717, 1.165) is 25.3 Å². The number of piperidine rings is 1. The van der Waals surface area contributed by atoms with E-state index in [0.29, 0.717) is 19.1 Å². The maximum Gasteiger partial charge on any atom is 0.215 e. The summed E-state index contributed by atoms with van der Waals surface area (Å²) in [5, 5.41) is 3.51. The van der Waals surface area contributed by atoms with Crippen LogP contribution in [-0.4, -0.2) is 64.9 Å². The van der Waals surface area contributed by atoms with Gasteiger partial charge in [-0.1, -0.05) is 0 Å². The fourth-order valence-electron chi connectivity index (χ4n) is 2.55. The second kappa shape index (κ2) is 8.96. The molecule has 0 bridgehead atoms. The van der Waals surface area contributed by atoms with E-state index in [-0.39, 0.29) is 30.5 Å². The average molecular weight is 390 g/mol. The molecule has 0 aromatic rings. The van der Waals surface area contributed by atoms with Crippen LogP contribution < -0.4 is 10.0 Å². The molecule has 1 saturated carbocycles. The molecule has 0 aromatic carbocycles. The van der Waals surface area contributed by atoms with E-state index in [1.54, 1.807) is 0 Å². The van der Waals surface area contributed by atoms with Gasteiger partial charge in [0.15, 0.2) is 0 Å². The van der Waals surface area contributed by atoms with Crippen LogP contribution in [-0.2, 0) is 20.0 Å². The summed E-state index contributed by atoms with van der Waals surface area (Å²) < 4.78 is 50.8. The molecule has 0 spiro atoms. The molecule has 1 heterocycles. The normalized spacial score (nSPS) is 21.1. The summed E-state index contributed by atoms with van der Waals surface area (Å²) in [7, 11) is -6.71. The Morgan fingerprint density at radius 1 is 1.04 bits per heavy atom. The second-order valence-electron chi connectivity index (χ2n) is 6.14.